The van der Waals surface area contributed by atoms with Gasteiger partial charge in [-0.3, -0.25) is 0 Å². The molecule has 92 valence electrons. The predicted molar refractivity (Wildman–Crippen MR) is 69.0 cm³/mol. The minimum Gasteiger partial charge on any atom is -0.330 e. The van der Waals surface area contributed by atoms with Crippen LogP contribution in [0, 0.1) is 10.8 Å². The Bertz CT molecular complexity index is 168. The summed E-state index contributed by atoms with van der Waals surface area (Å²) in [7, 11) is 2.21. The van der Waals surface area contributed by atoms with Gasteiger partial charge in [0.2, 0.25) is 0 Å². The molecule has 0 aromatic heterocycles. The normalized spacial score (nSPS) is 13.6. The van der Waals surface area contributed by atoms with E-state index in [0.29, 0.717) is 10.8 Å². The predicted octanol–water partition coefficient (Wildman–Crippen LogP) is 2.73. The van der Waals surface area contributed by atoms with Gasteiger partial charge in [-0.15, -0.1) is 0 Å². The summed E-state index contributed by atoms with van der Waals surface area (Å²) in [4.78, 5) is 2.42. The van der Waals surface area contributed by atoms with Crippen molar-refractivity contribution in [2.75, 3.05) is 26.7 Å². The maximum absolute atomic E-state index is 5.71. The number of nitrogens with two attached hydrogens (primary N) is 1. The fourth-order valence-corrected chi connectivity index (χ4v) is 1.82. The fourth-order valence-electron chi connectivity index (χ4n) is 1.82. The summed E-state index contributed by atoms with van der Waals surface area (Å²) >= 11 is 0. The first-order valence-corrected chi connectivity index (χ1v) is 6.05. The zero-order valence-electron chi connectivity index (χ0n) is 11.6. The van der Waals surface area contributed by atoms with Crippen molar-refractivity contribution < 1.29 is 0 Å². The standard InChI is InChI=1S/C13H30N2/c1-12(2,3)11-15(6)9-7-8-13(4,5)10-14/h7-11,14H2,1-6H3. The molecular weight excluding hydrogens is 184 g/mol. The first-order valence-electron chi connectivity index (χ1n) is 6.05. The maximum atomic E-state index is 5.71. The van der Waals surface area contributed by atoms with Crippen molar-refractivity contribution in [1.82, 2.24) is 4.90 Å². The second-order valence-electron chi connectivity index (χ2n) is 6.77. The van der Waals surface area contributed by atoms with Crippen LogP contribution in [0.4, 0.5) is 0 Å². The highest BCUT2D eigenvalue weighted by molar-refractivity contribution is 4.71. The molecule has 0 aromatic carbocycles. The molecule has 0 radical (unpaired) electrons. The Hall–Kier alpha value is -0.0800. The molecule has 0 rings (SSSR count). The van der Waals surface area contributed by atoms with Gasteiger partial charge in [-0.2, -0.15) is 0 Å². The summed E-state index contributed by atoms with van der Waals surface area (Å²) < 4.78 is 0. The van der Waals surface area contributed by atoms with Crippen LogP contribution in [-0.4, -0.2) is 31.6 Å². The van der Waals surface area contributed by atoms with E-state index in [9.17, 15) is 0 Å². The van der Waals surface area contributed by atoms with Crippen LogP contribution in [0.1, 0.15) is 47.5 Å². The van der Waals surface area contributed by atoms with Gasteiger partial charge in [0.1, 0.15) is 0 Å². The first kappa shape index (κ1) is 14.9. The Morgan fingerprint density at radius 1 is 1.07 bits per heavy atom. The molecule has 0 aliphatic rings. The quantitative estimate of drug-likeness (QED) is 0.736. The zero-order chi connectivity index (χ0) is 12.1. The molecule has 2 N–H and O–H groups in total. The van der Waals surface area contributed by atoms with Crippen LogP contribution in [-0.2, 0) is 0 Å². The van der Waals surface area contributed by atoms with Gasteiger partial charge in [0, 0.05) is 6.54 Å². The summed E-state index contributed by atoms with van der Waals surface area (Å²) in [5, 5.41) is 0. The van der Waals surface area contributed by atoms with Crippen LogP contribution in [0.3, 0.4) is 0 Å². The van der Waals surface area contributed by atoms with Gasteiger partial charge >= 0.3 is 0 Å². The topological polar surface area (TPSA) is 29.3 Å². The van der Waals surface area contributed by atoms with Gasteiger partial charge in [0.25, 0.3) is 0 Å². The van der Waals surface area contributed by atoms with Crippen molar-refractivity contribution in [3.63, 3.8) is 0 Å². The van der Waals surface area contributed by atoms with Gasteiger partial charge in [0.15, 0.2) is 0 Å². The lowest BCUT2D eigenvalue weighted by Gasteiger charge is -2.28. The second-order valence-corrected chi connectivity index (χ2v) is 6.77. The fraction of sp³-hybridized carbons (Fsp3) is 1.00. The Kier molecular flexibility index (Phi) is 5.82. The van der Waals surface area contributed by atoms with Crippen LogP contribution < -0.4 is 5.73 Å². The van der Waals surface area contributed by atoms with Crippen LogP contribution in [0.2, 0.25) is 0 Å². The molecule has 0 aliphatic carbocycles. The highest BCUT2D eigenvalue weighted by atomic mass is 15.1. The van der Waals surface area contributed by atoms with Crippen LogP contribution >= 0.6 is 0 Å². The number of nitrogens with zero attached hydrogens (tertiary/aromatic N) is 1. The van der Waals surface area contributed by atoms with Gasteiger partial charge in [-0.1, -0.05) is 34.6 Å². The van der Waals surface area contributed by atoms with E-state index in [-0.39, 0.29) is 0 Å². The smallest absolute Gasteiger partial charge is 0.00270 e. The minimum absolute atomic E-state index is 0.308. The molecule has 0 fully saturated rings. The lowest BCUT2D eigenvalue weighted by molar-refractivity contribution is 0.212. The van der Waals surface area contributed by atoms with E-state index in [1.165, 1.54) is 19.4 Å². The van der Waals surface area contributed by atoms with Gasteiger partial charge in [-0.25, -0.2) is 0 Å². The molecule has 0 amide bonds. The second kappa shape index (κ2) is 5.86. The number of hydrogen-bond donors (Lipinski definition) is 1. The average molecular weight is 214 g/mol. The van der Waals surface area contributed by atoms with E-state index < -0.39 is 0 Å². The lowest BCUT2D eigenvalue weighted by atomic mass is 9.88. The average Bonchev–Trinajstić information content (AvgIpc) is 2.00. The van der Waals surface area contributed by atoms with Crippen molar-refractivity contribution in [2.45, 2.75) is 47.5 Å². The molecule has 2 nitrogen and oxygen atoms in total. The number of hydrogen-bond acceptors (Lipinski definition) is 2. The molecular formula is C13H30N2. The monoisotopic (exact) mass is 214 g/mol. The van der Waals surface area contributed by atoms with E-state index in [2.05, 4.69) is 46.6 Å². The molecule has 0 spiro atoms. The first-order chi connectivity index (χ1) is 6.66. The summed E-state index contributed by atoms with van der Waals surface area (Å²) in [5.41, 5.74) is 6.42. The molecule has 0 unspecified atom stereocenters. The molecule has 15 heavy (non-hydrogen) atoms. The number of rotatable bonds is 6. The van der Waals surface area contributed by atoms with Crippen molar-refractivity contribution in [3.05, 3.63) is 0 Å². The Morgan fingerprint density at radius 2 is 1.60 bits per heavy atom. The molecule has 0 saturated heterocycles. The molecule has 0 heterocycles. The van der Waals surface area contributed by atoms with Crippen LogP contribution in [0.25, 0.3) is 0 Å². The summed E-state index contributed by atoms with van der Waals surface area (Å²) in [6.45, 7) is 14.5. The molecule has 0 aliphatic heterocycles. The maximum Gasteiger partial charge on any atom is 0.00270 e. The summed E-state index contributed by atoms with van der Waals surface area (Å²) in [5.74, 6) is 0. The van der Waals surface area contributed by atoms with Crippen molar-refractivity contribution in [3.8, 4) is 0 Å². The van der Waals surface area contributed by atoms with Crippen molar-refractivity contribution in [2.24, 2.45) is 16.6 Å². The zero-order valence-corrected chi connectivity index (χ0v) is 11.6. The molecule has 0 saturated carbocycles. The highest BCUT2D eigenvalue weighted by Crippen LogP contribution is 2.21. The van der Waals surface area contributed by atoms with E-state index in [1.54, 1.807) is 0 Å². The van der Waals surface area contributed by atoms with Crippen LogP contribution in [0.5, 0.6) is 0 Å². The van der Waals surface area contributed by atoms with Crippen molar-refractivity contribution in [1.29, 1.82) is 0 Å². The van der Waals surface area contributed by atoms with E-state index in [0.717, 1.165) is 13.1 Å². The van der Waals surface area contributed by atoms with E-state index in [4.69, 9.17) is 5.73 Å². The summed E-state index contributed by atoms with van der Waals surface area (Å²) in [6, 6.07) is 0. The SMILES string of the molecule is CN(CCCC(C)(C)CN)CC(C)(C)C. The van der Waals surface area contributed by atoms with Crippen LogP contribution in [0.15, 0.2) is 0 Å². The molecule has 0 atom stereocenters. The van der Waals surface area contributed by atoms with E-state index in [1.807, 2.05) is 0 Å². The summed E-state index contributed by atoms with van der Waals surface area (Å²) in [6.07, 6.45) is 2.47. The van der Waals surface area contributed by atoms with E-state index >= 15 is 0 Å². The van der Waals surface area contributed by atoms with Gasteiger partial charge < -0.3 is 10.6 Å². The Balaban J connectivity index is 3.69. The Labute approximate surface area is 96.2 Å². The third-order valence-electron chi connectivity index (χ3n) is 2.69. The third-order valence-corrected chi connectivity index (χ3v) is 2.69. The molecule has 0 aromatic rings. The molecule has 0 bridgehead atoms. The molecule has 2 heteroatoms. The minimum atomic E-state index is 0.308. The van der Waals surface area contributed by atoms with Gasteiger partial charge in [0.05, 0.1) is 0 Å². The third kappa shape index (κ3) is 8.88. The largest absolute Gasteiger partial charge is 0.330 e. The van der Waals surface area contributed by atoms with Crippen molar-refractivity contribution >= 4 is 0 Å². The lowest BCUT2D eigenvalue weighted by Crippen LogP contribution is -2.31. The highest BCUT2D eigenvalue weighted by Gasteiger charge is 2.16. The Morgan fingerprint density at radius 3 is 2.00 bits per heavy atom. The van der Waals surface area contributed by atoms with Gasteiger partial charge in [-0.05, 0) is 43.8 Å².